The van der Waals surface area contributed by atoms with Crippen LogP contribution in [0, 0.1) is 22.0 Å². The Balaban J connectivity index is 1.59. The zero-order valence-corrected chi connectivity index (χ0v) is 24.7. The number of benzene rings is 2. The molecule has 1 aliphatic heterocycles. The van der Waals surface area contributed by atoms with Crippen LogP contribution in [0.15, 0.2) is 58.6 Å². The third-order valence-corrected chi connectivity index (χ3v) is 11.7. The molecule has 2 aliphatic carbocycles. The molecule has 40 heavy (non-hydrogen) atoms. The molecule has 1 saturated heterocycles. The Hall–Kier alpha value is -2.11. The van der Waals surface area contributed by atoms with Crippen molar-refractivity contribution in [1.29, 1.82) is 0 Å². The maximum Gasteiger partial charge on any atom is 0.274 e. The van der Waals surface area contributed by atoms with Gasteiger partial charge >= 0.3 is 0 Å². The van der Waals surface area contributed by atoms with Crippen LogP contribution >= 0.6 is 81.2 Å². The molecule has 0 N–H and O–H groups in total. The Morgan fingerprint density at radius 2 is 1.38 bits per heavy atom. The van der Waals surface area contributed by atoms with Crippen LogP contribution in [0.25, 0.3) is 0 Å². The Morgan fingerprint density at radius 3 is 1.85 bits per heavy atom. The first-order valence-electron chi connectivity index (χ1n) is 11.2. The number of ketones is 1. The molecule has 0 unspecified atom stereocenters. The van der Waals surface area contributed by atoms with E-state index in [2.05, 4.69) is 0 Å². The molecule has 2 fully saturated rings. The largest absolute Gasteiger partial charge is 0.292 e. The number of rotatable bonds is 6. The van der Waals surface area contributed by atoms with Gasteiger partial charge in [0.15, 0.2) is 10.1 Å². The molecule has 0 aromatic heterocycles. The zero-order chi connectivity index (χ0) is 29.5. The molecule has 2 aromatic rings. The number of carbonyl (C=O) groups is 4. The maximum absolute atomic E-state index is 13.9. The fourth-order valence-corrected chi connectivity index (χ4v) is 8.37. The summed E-state index contributed by atoms with van der Waals surface area (Å²) in [6, 6.07) is 10.3. The number of imide groups is 1. The minimum Gasteiger partial charge on any atom is -0.292 e. The standard InChI is InChI=1S/C24H12Cl7N3O6/c25-13-4-2-1-3-12(13)19(36)32(9-14(35)10-5-7-11(8-6-10)34(39)40)33-20(37)15-16(21(33)38)23(29)18(27)17(26)22(15,28)24(23,30)31/h1-8,15-16H,9H2/t15-,16+,22-,23-/m1/s1. The van der Waals surface area contributed by atoms with Gasteiger partial charge in [0.2, 0.25) is 0 Å². The predicted octanol–water partition coefficient (Wildman–Crippen LogP) is 5.94. The molecular formula is C24H12Cl7N3O6. The van der Waals surface area contributed by atoms with Gasteiger partial charge in [-0.25, -0.2) is 5.01 Å². The van der Waals surface area contributed by atoms with Gasteiger partial charge in [0.1, 0.15) is 16.3 Å². The number of amides is 3. The van der Waals surface area contributed by atoms with E-state index in [1.54, 1.807) is 6.07 Å². The van der Waals surface area contributed by atoms with Crippen LogP contribution < -0.4 is 0 Å². The molecule has 3 aliphatic rings. The van der Waals surface area contributed by atoms with Crippen molar-refractivity contribution in [3.05, 3.63) is 84.9 Å². The van der Waals surface area contributed by atoms with E-state index in [-0.39, 0.29) is 31.9 Å². The number of Topliss-reactive ketones (excluding diaryl/α,β-unsaturated/α-hetero) is 1. The number of halogens is 7. The highest BCUT2D eigenvalue weighted by molar-refractivity contribution is 6.66. The maximum atomic E-state index is 13.9. The molecule has 0 spiro atoms. The summed E-state index contributed by atoms with van der Waals surface area (Å²) in [5.41, 5.74) is -0.459. The minimum absolute atomic E-state index is 0.0319. The SMILES string of the molecule is O=C(CN(C(=O)c1ccccc1Cl)N1C(=O)[C@@H]2[C@H](C1=O)[C@@]1(Cl)C(Cl)=C(Cl)[C@@]2(Cl)C1(Cl)Cl)c1ccc([N+](=O)[O-])cc1. The van der Waals surface area contributed by atoms with Crippen molar-refractivity contribution in [2.75, 3.05) is 6.54 Å². The molecule has 1 heterocycles. The third kappa shape index (κ3) is 3.68. The van der Waals surface area contributed by atoms with Crippen LogP contribution in [0.5, 0.6) is 0 Å². The molecule has 9 nitrogen and oxygen atoms in total. The first kappa shape index (κ1) is 29.4. The summed E-state index contributed by atoms with van der Waals surface area (Å²) in [7, 11) is 0. The molecule has 5 rings (SSSR count). The molecule has 2 aromatic carbocycles. The number of hydrazine groups is 1. The minimum atomic E-state index is -2.20. The molecular weight excluding hydrogens is 674 g/mol. The van der Waals surface area contributed by atoms with Crippen LogP contribution in [-0.4, -0.2) is 59.1 Å². The fourth-order valence-electron chi connectivity index (χ4n) is 5.22. The van der Waals surface area contributed by atoms with E-state index in [0.717, 1.165) is 12.1 Å². The number of nitro groups is 1. The van der Waals surface area contributed by atoms with Gasteiger partial charge in [0.05, 0.1) is 37.4 Å². The summed E-state index contributed by atoms with van der Waals surface area (Å²) in [6.45, 7) is -0.856. The van der Waals surface area contributed by atoms with E-state index in [1.807, 2.05) is 0 Å². The number of alkyl halides is 4. The Bertz CT molecular complexity index is 1520. The summed E-state index contributed by atoms with van der Waals surface area (Å²) in [6.07, 6.45) is 0. The molecule has 2 bridgehead atoms. The number of hydrogen-bond acceptors (Lipinski definition) is 6. The lowest BCUT2D eigenvalue weighted by molar-refractivity contribution is -0.384. The van der Waals surface area contributed by atoms with E-state index < -0.39 is 60.9 Å². The summed E-state index contributed by atoms with van der Waals surface area (Å²) < 4.78 is -2.20. The highest BCUT2D eigenvalue weighted by atomic mass is 35.5. The molecule has 16 heteroatoms. The topological polar surface area (TPSA) is 118 Å². The quantitative estimate of drug-likeness (QED) is 0.122. The van der Waals surface area contributed by atoms with Gasteiger partial charge in [-0.3, -0.25) is 29.3 Å². The van der Waals surface area contributed by atoms with Crippen molar-refractivity contribution in [2.45, 2.75) is 14.1 Å². The highest BCUT2D eigenvalue weighted by Gasteiger charge is 2.88. The summed E-state index contributed by atoms with van der Waals surface area (Å²) in [5, 5.41) is 11.3. The van der Waals surface area contributed by atoms with Gasteiger partial charge in [-0.15, -0.1) is 23.2 Å². The van der Waals surface area contributed by atoms with Gasteiger partial charge in [0.25, 0.3) is 23.4 Å². The zero-order valence-electron chi connectivity index (χ0n) is 19.4. The lowest BCUT2D eigenvalue weighted by Gasteiger charge is -2.36. The van der Waals surface area contributed by atoms with Gasteiger partial charge in [-0.2, -0.15) is 5.01 Å². The number of carbonyl (C=O) groups excluding carboxylic acids is 4. The van der Waals surface area contributed by atoms with Crippen molar-refractivity contribution in [1.82, 2.24) is 10.0 Å². The monoisotopic (exact) mass is 683 g/mol. The summed E-state index contributed by atoms with van der Waals surface area (Å²) in [4.78, 5) is 60.8. The second-order valence-corrected chi connectivity index (χ2v) is 12.8. The van der Waals surface area contributed by atoms with E-state index in [9.17, 15) is 29.3 Å². The van der Waals surface area contributed by atoms with Crippen LogP contribution in [0.1, 0.15) is 20.7 Å². The molecule has 3 amide bonds. The fraction of sp³-hybridized carbons (Fsp3) is 0.250. The van der Waals surface area contributed by atoms with Crippen molar-refractivity contribution in [3.8, 4) is 0 Å². The normalized spacial score (nSPS) is 28.2. The van der Waals surface area contributed by atoms with Crippen molar-refractivity contribution >= 4 is 110 Å². The number of nitrogens with zero attached hydrogens (tertiary/aromatic N) is 3. The molecule has 208 valence electrons. The van der Waals surface area contributed by atoms with E-state index in [1.165, 1.54) is 30.3 Å². The number of non-ortho nitro benzene ring substituents is 1. The van der Waals surface area contributed by atoms with Crippen LogP contribution in [0.3, 0.4) is 0 Å². The second-order valence-electron chi connectivity index (χ2n) is 9.14. The van der Waals surface area contributed by atoms with Gasteiger partial charge in [-0.05, 0) is 24.3 Å². The van der Waals surface area contributed by atoms with Gasteiger partial charge < -0.3 is 0 Å². The van der Waals surface area contributed by atoms with Crippen LogP contribution in [-0.2, 0) is 9.59 Å². The summed E-state index contributed by atoms with van der Waals surface area (Å²) in [5.74, 6) is -6.99. The average Bonchev–Trinajstić information content (AvgIpc) is 3.30. The van der Waals surface area contributed by atoms with Crippen molar-refractivity contribution in [2.24, 2.45) is 11.8 Å². The van der Waals surface area contributed by atoms with Crippen LogP contribution in [0.4, 0.5) is 5.69 Å². The lowest BCUT2D eigenvalue weighted by Crippen LogP contribution is -2.56. The average molecular weight is 687 g/mol. The first-order chi connectivity index (χ1) is 18.6. The lowest BCUT2D eigenvalue weighted by atomic mass is 9.84. The molecule has 4 atom stereocenters. The predicted molar refractivity (Wildman–Crippen MR) is 149 cm³/mol. The number of allylic oxidation sites excluding steroid dienone is 2. The Kier molecular flexibility index (Phi) is 7.15. The van der Waals surface area contributed by atoms with Gasteiger partial charge in [-0.1, -0.05) is 70.1 Å². The number of nitro benzene ring substituents is 1. The number of hydrogen-bond donors (Lipinski definition) is 0. The smallest absolute Gasteiger partial charge is 0.274 e. The third-order valence-electron chi connectivity index (χ3n) is 7.16. The summed E-state index contributed by atoms with van der Waals surface area (Å²) >= 11 is 45.4. The second kappa shape index (κ2) is 9.73. The highest BCUT2D eigenvalue weighted by Crippen LogP contribution is 2.77. The van der Waals surface area contributed by atoms with E-state index >= 15 is 0 Å². The van der Waals surface area contributed by atoms with Crippen molar-refractivity contribution in [3.63, 3.8) is 0 Å². The molecule has 1 saturated carbocycles. The Labute approximate surface area is 260 Å². The van der Waals surface area contributed by atoms with Crippen molar-refractivity contribution < 1.29 is 24.1 Å². The Morgan fingerprint density at radius 1 is 0.875 bits per heavy atom. The number of fused-ring (bicyclic) bond motifs is 5. The first-order valence-corrected chi connectivity index (χ1v) is 13.8. The van der Waals surface area contributed by atoms with E-state index in [4.69, 9.17) is 81.2 Å². The van der Waals surface area contributed by atoms with Crippen LogP contribution in [0.2, 0.25) is 5.02 Å². The van der Waals surface area contributed by atoms with E-state index in [0.29, 0.717) is 10.0 Å². The van der Waals surface area contributed by atoms with Gasteiger partial charge in [0, 0.05) is 17.7 Å². The molecule has 0 radical (unpaired) electrons.